The van der Waals surface area contributed by atoms with E-state index >= 15 is 0 Å². The smallest absolute Gasteiger partial charge is 0.320 e. The standard InChI is InChI=1S/C9H17NO4/c1-9(2,3)14-8(12)6-10-5-7(11)13-4/h10H,5-6H2,1-4H3. The second-order valence-electron chi connectivity index (χ2n) is 3.77. The van der Waals surface area contributed by atoms with E-state index in [9.17, 15) is 9.59 Å². The van der Waals surface area contributed by atoms with E-state index in [2.05, 4.69) is 10.1 Å². The van der Waals surface area contributed by atoms with Crippen LogP contribution in [-0.2, 0) is 19.1 Å². The lowest BCUT2D eigenvalue weighted by Gasteiger charge is -2.19. The Morgan fingerprint density at radius 3 is 2.07 bits per heavy atom. The van der Waals surface area contributed by atoms with E-state index in [1.54, 1.807) is 20.8 Å². The number of rotatable bonds is 4. The topological polar surface area (TPSA) is 64.6 Å². The van der Waals surface area contributed by atoms with Gasteiger partial charge in [-0.25, -0.2) is 0 Å². The summed E-state index contributed by atoms with van der Waals surface area (Å²) in [5.74, 6) is -0.796. The molecule has 0 aliphatic carbocycles. The minimum absolute atomic E-state index is 0.00632. The summed E-state index contributed by atoms with van der Waals surface area (Å²) in [5.41, 5.74) is -0.496. The van der Waals surface area contributed by atoms with E-state index in [1.807, 2.05) is 0 Å². The van der Waals surface area contributed by atoms with E-state index in [4.69, 9.17) is 4.74 Å². The minimum Gasteiger partial charge on any atom is -0.468 e. The van der Waals surface area contributed by atoms with Gasteiger partial charge in [-0.1, -0.05) is 0 Å². The lowest BCUT2D eigenvalue weighted by molar-refractivity contribution is -0.153. The molecule has 0 radical (unpaired) electrons. The van der Waals surface area contributed by atoms with Gasteiger partial charge in [0.1, 0.15) is 5.60 Å². The number of carbonyl (C=O) groups is 2. The number of hydrogen-bond acceptors (Lipinski definition) is 5. The van der Waals surface area contributed by atoms with Crippen LogP contribution in [0.25, 0.3) is 0 Å². The van der Waals surface area contributed by atoms with Crippen molar-refractivity contribution in [2.45, 2.75) is 26.4 Å². The Morgan fingerprint density at radius 2 is 1.64 bits per heavy atom. The van der Waals surface area contributed by atoms with Crippen molar-refractivity contribution in [2.75, 3.05) is 20.2 Å². The maximum Gasteiger partial charge on any atom is 0.320 e. The second-order valence-corrected chi connectivity index (χ2v) is 3.77. The van der Waals surface area contributed by atoms with Crippen molar-refractivity contribution in [1.82, 2.24) is 5.32 Å². The molecule has 0 saturated heterocycles. The predicted octanol–water partition coefficient (Wildman–Crippen LogP) is 0.0907. The molecule has 0 aliphatic rings. The molecule has 0 heterocycles. The van der Waals surface area contributed by atoms with Crippen molar-refractivity contribution in [1.29, 1.82) is 0 Å². The summed E-state index contributed by atoms with van der Waals surface area (Å²) in [4.78, 5) is 21.7. The highest BCUT2D eigenvalue weighted by Gasteiger charge is 2.15. The Kier molecular flexibility index (Phi) is 5.15. The highest BCUT2D eigenvalue weighted by Crippen LogP contribution is 2.05. The molecule has 0 aromatic rings. The lowest BCUT2D eigenvalue weighted by atomic mass is 10.2. The number of carbonyl (C=O) groups excluding carboxylic acids is 2. The summed E-state index contributed by atoms with van der Waals surface area (Å²) in [5, 5.41) is 2.61. The van der Waals surface area contributed by atoms with E-state index < -0.39 is 11.6 Å². The van der Waals surface area contributed by atoms with Crippen molar-refractivity contribution in [3.05, 3.63) is 0 Å². The summed E-state index contributed by atoms with van der Waals surface area (Å²) in [6, 6.07) is 0. The maximum atomic E-state index is 11.1. The van der Waals surface area contributed by atoms with E-state index in [1.165, 1.54) is 7.11 Å². The molecule has 82 valence electrons. The van der Waals surface area contributed by atoms with Crippen LogP contribution in [0, 0.1) is 0 Å². The fourth-order valence-electron chi connectivity index (χ4n) is 0.716. The van der Waals surface area contributed by atoms with E-state index in [0.29, 0.717) is 0 Å². The molecule has 0 spiro atoms. The SMILES string of the molecule is COC(=O)CNCC(=O)OC(C)(C)C. The van der Waals surface area contributed by atoms with Crippen LogP contribution in [0.2, 0.25) is 0 Å². The molecule has 1 N–H and O–H groups in total. The average Bonchev–Trinajstić information content (AvgIpc) is 2.00. The Labute approximate surface area is 83.8 Å². The normalized spacial score (nSPS) is 10.9. The van der Waals surface area contributed by atoms with Gasteiger partial charge in [-0.05, 0) is 20.8 Å². The molecule has 0 amide bonds. The van der Waals surface area contributed by atoms with Gasteiger partial charge in [-0.3, -0.25) is 14.9 Å². The average molecular weight is 203 g/mol. The van der Waals surface area contributed by atoms with Crippen LogP contribution >= 0.6 is 0 Å². The van der Waals surface area contributed by atoms with Crippen molar-refractivity contribution in [3.63, 3.8) is 0 Å². The molecule has 0 aromatic heterocycles. The van der Waals surface area contributed by atoms with Crippen LogP contribution < -0.4 is 5.32 Å². The minimum atomic E-state index is -0.496. The quantitative estimate of drug-likeness (QED) is 0.656. The number of ether oxygens (including phenoxy) is 2. The fraction of sp³-hybridized carbons (Fsp3) is 0.778. The second kappa shape index (κ2) is 5.59. The van der Waals surface area contributed by atoms with Gasteiger partial charge in [0.15, 0.2) is 0 Å². The first-order valence-corrected chi connectivity index (χ1v) is 4.34. The van der Waals surface area contributed by atoms with Gasteiger partial charge in [0.2, 0.25) is 0 Å². The molecular formula is C9H17NO4. The fourth-order valence-corrected chi connectivity index (χ4v) is 0.716. The monoisotopic (exact) mass is 203 g/mol. The molecule has 0 fully saturated rings. The van der Waals surface area contributed by atoms with Crippen LogP contribution in [0.5, 0.6) is 0 Å². The van der Waals surface area contributed by atoms with Gasteiger partial charge in [0.05, 0.1) is 20.2 Å². The Morgan fingerprint density at radius 1 is 1.14 bits per heavy atom. The van der Waals surface area contributed by atoms with Crippen LogP contribution in [0.15, 0.2) is 0 Å². The number of esters is 2. The Balaban J connectivity index is 3.60. The van der Waals surface area contributed by atoms with Crippen molar-refractivity contribution >= 4 is 11.9 Å². The maximum absolute atomic E-state index is 11.1. The molecule has 0 rings (SSSR count). The molecular weight excluding hydrogens is 186 g/mol. The van der Waals surface area contributed by atoms with Crippen LogP contribution in [0.4, 0.5) is 0 Å². The van der Waals surface area contributed by atoms with Crippen LogP contribution in [0.1, 0.15) is 20.8 Å². The first-order chi connectivity index (χ1) is 6.35. The molecule has 14 heavy (non-hydrogen) atoms. The number of nitrogens with one attached hydrogen (secondary N) is 1. The molecule has 0 bridgehead atoms. The highest BCUT2D eigenvalue weighted by molar-refractivity contribution is 5.75. The first kappa shape index (κ1) is 12.9. The molecule has 5 nitrogen and oxygen atoms in total. The van der Waals surface area contributed by atoms with Gasteiger partial charge in [-0.15, -0.1) is 0 Å². The predicted molar refractivity (Wildman–Crippen MR) is 50.7 cm³/mol. The third kappa shape index (κ3) is 7.54. The first-order valence-electron chi connectivity index (χ1n) is 4.34. The summed E-state index contributed by atoms with van der Waals surface area (Å²) in [6.45, 7) is 5.36. The van der Waals surface area contributed by atoms with Gasteiger partial charge in [-0.2, -0.15) is 0 Å². The molecule has 0 aromatic carbocycles. The molecule has 0 atom stereocenters. The van der Waals surface area contributed by atoms with E-state index in [-0.39, 0.29) is 19.1 Å². The Hall–Kier alpha value is -1.10. The summed E-state index contributed by atoms with van der Waals surface area (Å²) in [7, 11) is 1.29. The lowest BCUT2D eigenvalue weighted by Crippen LogP contribution is -2.34. The van der Waals surface area contributed by atoms with Gasteiger partial charge in [0.25, 0.3) is 0 Å². The molecule has 0 saturated carbocycles. The number of hydrogen-bond donors (Lipinski definition) is 1. The third-order valence-electron chi connectivity index (χ3n) is 1.19. The largest absolute Gasteiger partial charge is 0.468 e. The molecule has 0 aliphatic heterocycles. The van der Waals surface area contributed by atoms with Crippen LogP contribution in [0.3, 0.4) is 0 Å². The van der Waals surface area contributed by atoms with Crippen molar-refractivity contribution in [3.8, 4) is 0 Å². The zero-order valence-corrected chi connectivity index (χ0v) is 9.05. The molecule has 0 unspecified atom stereocenters. The molecule has 5 heteroatoms. The summed E-state index contributed by atoms with van der Waals surface area (Å²) >= 11 is 0. The van der Waals surface area contributed by atoms with Crippen molar-refractivity contribution in [2.24, 2.45) is 0 Å². The van der Waals surface area contributed by atoms with Gasteiger partial charge in [0, 0.05) is 0 Å². The number of methoxy groups -OCH3 is 1. The Bertz CT molecular complexity index is 207. The van der Waals surface area contributed by atoms with Crippen molar-refractivity contribution < 1.29 is 19.1 Å². The van der Waals surface area contributed by atoms with E-state index in [0.717, 1.165) is 0 Å². The van der Waals surface area contributed by atoms with Gasteiger partial charge >= 0.3 is 11.9 Å². The zero-order chi connectivity index (χ0) is 11.2. The zero-order valence-electron chi connectivity index (χ0n) is 9.05. The van der Waals surface area contributed by atoms with Gasteiger partial charge < -0.3 is 9.47 Å². The summed E-state index contributed by atoms with van der Waals surface area (Å²) in [6.07, 6.45) is 0. The van der Waals surface area contributed by atoms with Crippen LogP contribution in [-0.4, -0.2) is 37.7 Å². The third-order valence-corrected chi connectivity index (χ3v) is 1.19. The highest BCUT2D eigenvalue weighted by atomic mass is 16.6. The summed E-state index contributed by atoms with van der Waals surface area (Å²) < 4.78 is 9.38.